The summed E-state index contributed by atoms with van der Waals surface area (Å²) in [6.07, 6.45) is 5.12. The number of carbonyl (C=O) groups excluding carboxylic acids is 2. The third-order valence-electron chi connectivity index (χ3n) is 6.47. The van der Waals surface area contributed by atoms with E-state index in [-0.39, 0.29) is 35.8 Å². The van der Waals surface area contributed by atoms with Crippen LogP contribution in [0.2, 0.25) is 0 Å². The molecule has 3 atom stereocenters. The van der Waals surface area contributed by atoms with Gasteiger partial charge in [0.1, 0.15) is 12.5 Å². The predicted molar refractivity (Wildman–Crippen MR) is 123 cm³/mol. The molecule has 0 aromatic heterocycles. The number of Topliss-reactive ketones (excluding diaryl/α,β-unsaturated/α-hetero) is 1. The van der Waals surface area contributed by atoms with Gasteiger partial charge in [-0.05, 0) is 55.6 Å². The zero-order valence-electron chi connectivity index (χ0n) is 18.8. The first-order chi connectivity index (χ1) is 14.8. The molecule has 1 aromatic rings. The number of ketones is 1. The summed E-state index contributed by atoms with van der Waals surface area (Å²) in [4.78, 5) is 32.5. The van der Waals surface area contributed by atoms with Crippen molar-refractivity contribution in [2.24, 2.45) is 16.3 Å². The van der Waals surface area contributed by atoms with Crippen molar-refractivity contribution in [3.8, 4) is 0 Å². The number of nitrogens with zero attached hydrogens (tertiary/aromatic N) is 1. The van der Waals surface area contributed by atoms with E-state index in [4.69, 9.17) is 14.5 Å². The smallest absolute Gasteiger partial charge is 0.315 e. The molecular formula is C25H31NO4S. The van der Waals surface area contributed by atoms with Crippen molar-refractivity contribution < 1.29 is 19.1 Å². The largest absolute Gasteiger partial charge is 0.462 e. The number of ether oxygens (including phenoxy) is 2. The van der Waals surface area contributed by atoms with E-state index in [9.17, 15) is 9.59 Å². The minimum Gasteiger partial charge on any atom is -0.462 e. The zero-order valence-corrected chi connectivity index (χ0v) is 19.6. The van der Waals surface area contributed by atoms with Gasteiger partial charge in [0.2, 0.25) is 0 Å². The van der Waals surface area contributed by atoms with Gasteiger partial charge in [0.15, 0.2) is 5.78 Å². The fraction of sp³-hybridized carbons (Fsp3) is 0.560. The minimum atomic E-state index is -0.592. The Hall–Kier alpha value is -1.92. The third kappa shape index (κ3) is 4.65. The molecule has 2 heterocycles. The van der Waals surface area contributed by atoms with Crippen molar-refractivity contribution in [3.63, 3.8) is 0 Å². The standard InChI is InChI=1S/C25H31NO4S/c1-15-21(24(28)30-14-17-6-5-11-29-17)22(16-7-9-18(31-4)10-8-16)23-19(26-15)12-25(2,3)13-20(23)27/h7-10,17,21-22H,5-6,11-14H2,1-4H3/t17-,21?,22+/m0/s1. The molecule has 0 spiro atoms. The van der Waals surface area contributed by atoms with Crippen molar-refractivity contribution in [3.05, 3.63) is 41.1 Å². The minimum absolute atomic E-state index is 0.0315. The van der Waals surface area contributed by atoms with Gasteiger partial charge in [-0.15, -0.1) is 11.8 Å². The Morgan fingerprint density at radius 1 is 1.26 bits per heavy atom. The fourth-order valence-electron chi connectivity index (χ4n) is 4.96. The molecule has 2 aliphatic heterocycles. The van der Waals surface area contributed by atoms with Gasteiger partial charge < -0.3 is 9.47 Å². The second kappa shape index (κ2) is 8.91. The Morgan fingerprint density at radius 3 is 2.65 bits per heavy atom. The molecule has 3 aliphatic rings. The molecule has 0 radical (unpaired) electrons. The highest BCUT2D eigenvalue weighted by Gasteiger charge is 2.46. The average molecular weight is 442 g/mol. The van der Waals surface area contributed by atoms with Crippen molar-refractivity contribution in [2.75, 3.05) is 19.5 Å². The predicted octanol–water partition coefficient (Wildman–Crippen LogP) is 4.95. The summed E-state index contributed by atoms with van der Waals surface area (Å²) in [7, 11) is 0. The summed E-state index contributed by atoms with van der Waals surface area (Å²) in [6.45, 7) is 7.06. The molecular weight excluding hydrogens is 410 g/mol. The normalized spacial score (nSPS) is 27.7. The Kier molecular flexibility index (Phi) is 6.40. The van der Waals surface area contributed by atoms with Crippen LogP contribution in [0.5, 0.6) is 0 Å². The molecule has 0 saturated carbocycles. The van der Waals surface area contributed by atoms with Crippen molar-refractivity contribution in [1.82, 2.24) is 0 Å². The first kappa shape index (κ1) is 22.3. The third-order valence-corrected chi connectivity index (χ3v) is 7.21. The number of carbonyl (C=O) groups is 2. The van der Waals surface area contributed by atoms with Gasteiger partial charge in [0, 0.05) is 40.8 Å². The van der Waals surface area contributed by atoms with Gasteiger partial charge in [0.25, 0.3) is 0 Å². The first-order valence-electron chi connectivity index (χ1n) is 11.0. The molecule has 1 fully saturated rings. The molecule has 0 N–H and O–H groups in total. The van der Waals surface area contributed by atoms with Crippen LogP contribution in [-0.4, -0.2) is 43.0 Å². The number of hydrogen-bond acceptors (Lipinski definition) is 6. The second-order valence-electron chi connectivity index (χ2n) is 9.55. The lowest BCUT2D eigenvalue weighted by Gasteiger charge is -2.39. The van der Waals surface area contributed by atoms with E-state index in [1.54, 1.807) is 11.8 Å². The van der Waals surface area contributed by atoms with E-state index in [0.717, 1.165) is 47.7 Å². The Morgan fingerprint density at radius 2 is 2.00 bits per heavy atom. The van der Waals surface area contributed by atoms with Crippen molar-refractivity contribution in [2.45, 2.75) is 63.4 Å². The maximum Gasteiger partial charge on any atom is 0.315 e. The highest BCUT2D eigenvalue weighted by atomic mass is 32.2. The van der Waals surface area contributed by atoms with Crippen LogP contribution in [0.3, 0.4) is 0 Å². The number of hydrogen-bond donors (Lipinski definition) is 0. The molecule has 1 aromatic carbocycles. The van der Waals surface area contributed by atoms with Gasteiger partial charge in [-0.1, -0.05) is 26.0 Å². The lowest BCUT2D eigenvalue weighted by molar-refractivity contribution is -0.149. The number of esters is 1. The van der Waals surface area contributed by atoms with Crippen LogP contribution in [0.1, 0.15) is 57.9 Å². The van der Waals surface area contributed by atoms with Crippen LogP contribution in [0, 0.1) is 11.3 Å². The van der Waals surface area contributed by atoms with Crippen LogP contribution >= 0.6 is 11.8 Å². The van der Waals surface area contributed by atoms with Crippen LogP contribution < -0.4 is 0 Å². The number of allylic oxidation sites excluding steroid dienone is 2. The van der Waals surface area contributed by atoms with Gasteiger partial charge >= 0.3 is 5.97 Å². The quantitative estimate of drug-likeness (QED) is 0.478. The molecule has 4 rings (SSSR count). The molecule has 166 valence electrons. The molecule has 1 unspecified atom stereocenters. The van der Waals surface area contributed by atoms with E-state index in [0.29, 0.717) is 12.0 Å². The topological polar surface area (TPSA) is 65.0 Å². The molecule has 1 saturated heterocycles. The highest BCUT2D eigenvalue weighted by molar-refractivity contribution is 7.98. The number of rotatable bonds is 5. The lowest BCUT2D eigenvalue weighted by Crippen LogP contribution is -2.40. The summed E-state index contributed by atoms with van der Waals surface area (Å²) in [6, 6.07) is 8.17. The summed E-state index contributed by atoms with van der Waals surface area (Å²) >= 11 is 1.67. The zero-order chi connectivity index (χ0) is 22.2. The number of aliphatic imine (C=N–C) groups is 1. The second-order valence-corrected chi connectivity index (χ2v) is 10.4. The fourth-order valence-corrected chi connectivity index (χ4v) is 5.37. The molecule has 0 bridgehead atoms. The van der Waals surface area contributed by atoms with Gasteiger partial charge in [-0.25, -0.2) is 0 Å². The van der Waals surface area contributed by atoms with E-state index < -0.39 is 5.92 Å². The highest BCUT2D eigenvalue weighted by Crippen LogP contribution is 2.48. The first-order valence-corrected chi connectivity index (χ1v) is 12.2. The molecule has 31 heavy (non-hydrogen) atoms. The van der Waals surface area contributed by atoms with Crippen LogP contribution in [0.15, 0.2) is 45.4 Å². The molecule has 1 aliphatic carbocycles. The average Bonchev–Trinajstić information content (AvgIpc) is 3.24. The van der Waals surface area contributed by atoms with E-state index in [1.165, 1.54) is 0 Å². The molecule has 6 heteroatoms. The summed E-state index contributed by atoms with van der Waals surface area (Å²) < 4.78 is 11.3. The van der Waals surface area contributed by atoms with Crippen LogP contribution in [-0.2, 0) is 19.1 Å². The Bertz CT molecular complexity index is 925. The lowest BCUT2D eigenvalue weighted by atomic mass is 9.67. The van der Waals surface area contributed by atoms with Gasteiger partial charge in [-0.2, -0.15) is 0 Å². The molecule has 5 nitrogen and oxygen atoms in total. The summed E-state index contributed by atoms with van der Waals surface area (Å²) in [5.74, 6) is -1.17. The van der Waals surface area contributed by atoms with Crippen LogP contribution in [0.25, 0.3) is 0 Å². The Labute approximate surface area is 188 Å². The number of benzene rings is 1. The SMILES string of the molecule is CSc1ccc([C@H]2C3=C(CC(C)(C)CC3=O)N=C(C)C2C(=O)OC[C@@H]2CCCO2)cc1. The maximum absolute atomic E-state index is 13.3. The van der Waals surface area contributed by atoms with E-state index >= 15 is 0 Å². The van der Waals surface area contributed by atoms with Crippen molar-refractivity contribution in [1.29, 1.82) is 0 Å². The van der Waals surface area contributed by atoms with Gasteiger partial charge in [0.05, 0.1) is 6.10 Å². The molecule has 0 amide bonds. The maximum atomic E-state index is 13.3. The van der Waals surface area contributed by atoms with E-state index in [2.05, 4.69) is 13.8 Å². The number of thioether (sulfide) groups is 1. The Balaban J connectivity index is 1.70. The summed E-state index contributed by atoms with van der Waals surface area (Å²) in [5, 5.41) is 0. The summed E-state index contributed by atoms with van der Waals surface area (Å²) in [5.41, 5.74) is 3.09. The van der Waals surface area contributed by atoms with Crippen molar-refractivity contribution >= 4 is 29.2 Å². The monoisotopic (exact) mass is 441 g/mol. The van der Waals surface area contributed by atoms with Gasteiger partial charge in [-0.3, -0.25) is 14.6 Å². The van der Waals surface area contributed by atoms with E-state index in [1.807, 2.05) is 37.4 Å². The van der Waals surface area contributed by atoms with Crippen LogP contribution in [0.4, 0.5) is 0 Å².